The Hall–Kier alpha value is -2.65. The molecule has 1 saturated heterocycles. The molecular formula is C28H44N4O6. The van der Waals surface area contributed by atoms with Gasteiger partial charge in [-0.15, -0.1) is 0 Å². The molecule has 1 aliphatic heterocycles. The number of ketones is 1. The minimum absolute atomic E-state index is 0.0449. The standard InChI is InChI=1S/C28H44N4O6/c1-27(2,3)38-26(37)31-20(16-9-7-6-8-10-16)25(36)32-14-17-19(28(17,4)5)21(32)24(35)30-18(13-15-11-12-15)22(33)23(29)34/h15-21H,6-14H2,1-5H3,(H2,29,34)(H,30,35)(H,31,37)/t17?,18?,19-,20-,21-/m0/s1. The molecule has 0 aromatic carbocycles. The highest BCUT2D eigenvalue weighted by Crippen LogP contribution is 2.65. The van der Waals surface area contributed by atoms with Crippen LogP contribution in [0.15, 0.2) is 0 Å². The molecule has 4 amide bonds. The largest absolute Gasteiger partial charge is 0.444 e. The van der Waals surface area contributed by atoms with Gasteiger partial charge in [0.2, 0.25) is 17.6 Å². The maximum Gasteiger partial charge on any atom is 0.408 e. The van der Waals surface area contributed by atoms with E-state index < -0.39 is 47.4 Å². The normalized spacial score (nSPS) is 28.0. The number of hydrogen-bond acceptors (Lipinski definition) is 6. The van der Waals surface area contributed by atoms with E-state index >= 15 is 0 Å². The molecule has 2 unspecified atom stereocenters. The number of alkyl carbamates (subject to hydrolysis) is 1. The number of carbonyl (C=O) groups excluding carboxylic acids is 5. The van der Waals surface area contributed by atoms with Crippen molar-refractivity contribution in [2.24, 2.45) is 34.8 Å². The van der Waals surface area contributed by atoms with Gasteiger partial charge in [0, 0.05) is 6.54 Å². The first-order valence-corrected chi connectivity index (χ1v) is 14.1. The number of fused-ring (bicyclic) bond motifs is 1. The molecule has 4 aliphatic rings. The monoisotopic (exact) mass is 532 g/mol. The van der Waals surface area contributed by atoms with E-state index in [4.69, 9.17) is 10.5 Å². The first-order chi connectivity index (χ1) is 17.7. The average Bonchev–Trinajstić information content (AvgIpc) is 3.68. The highest BCUT2D eigenvalue weighted by atomic mass is 16.6. The van der Waals surface area contributed by atoms with Crippen molar-refractivity contribution in [2.75, 3.05) is 6.54 Å². The molecule has 4 rings (SSSR count). The number of Topliss-reactive ketones (excluding diaryl/α,β-unsaturated/α-hetero) is 1. The molecule has 0 radical (unpaired) electrons. The minimum atomic E-state index is -1.07. The Morgan fingerprint density at radius 1 is 1.00 bits per heavy atom. The fourth-order valence-corrected chi connectivity index (χ4v) is 6.62. The smallest absolute Gasteiger partial charge is 0.408 e. The van der Waals surface area contributed by atoms with E-state index in [0.717, 1.165) is 44.9 Å². The predicted octanol–water partition coefficient (Wildman–Crippen LogP) is 2.28. The van der Waals surface area contributed by atoms with Gasteiger partial charge in [0.05, 0.1) is 6.04 Å². The number of carbonyl (C=O) groups is 5. The van der Waals surface area contributed by atoms with E-state index in [2.05, 4.69) is 24.5 Å². The topological polar surface area (TPSA) is 148 Å². The number of piperidine rings is 1. The Bertz CT molecular complexity index is 978. The Morgan fingerprint density at radius 2 is 1.63 bits per heavy atom. The zero-order chi connectivity index (χ0) is 28.0. The van der Waals surface area contributed by atoms with Gasteiger partial charge >= 0.3 is 6.09 Å². The van der Waals surface area contributed by atoms with Gasteiger partial charge < -0.3 is 26.0 Å². The zero-order valence-corrected chi connectivity index (χ0v) is 23.4. The summed E-state index contributed by atoms with van der Waals surface area (Å²) >= 11 is 0. The van der Waals surface area contributed by atoms with E-state index in [1.807, 2.05) is 0 Å². The van der Waals surface area contributed by atoms with Crippen LogP contribution in [0.25, 0.3) is 0 Å². The molecule has 4 N–H and O–H groups in total. The van der Waals surface area contributed by atoms with E-state index in [1.54, 1.807) is 25.7 Å². The second kappa shape index (κ2) is 10.5. The molecule has 5 atom stereocenters. The Labute approximate surface area is 225 Å². The molecule has 212 valence electrons. The molecule has 38 heavy (non-hydrogen) atoms. The van der Waals surface area contributed by atoms with Crippen molar-refractivity contribution in [1.29, 1.82) is 0 Å². The first kappa shape index (κ1) is 28.4. The summed E-state index contributed by atoms with van der Waals surface area (Å²) in [5.74, 6) is -2.28. The van der Waals surface area contributed by atoms with Gasteiger partial charge in [0.1, 0.15) is 17.7 Å². The molecule has 3 saturated carbocycles. The lowest BCUT2D eigenvalue weighted by molar-refractivity contribution is -0.144. The second-order valence-corrected chi connectivity index (χ2v) is 13.4. The van der Waals surface area contributed by atoms with E-state index in [-0.39, 0.29) is 35.0 Å². The third-order valence-electron chi connectivity index (χ3n) is 8.96. The van der Waals surface area contributed by atoms with Crippen LogP contribution in [-0.2, 0) is 23.9 Å². The SMILES string of the molecule is CC(C)(C)OC(=O)N[C@H](C(=O)N1CC2[C@@H]([C@H]1C(=O)NC(CC1CC1)C(=O)C(N)=O)C2(C)C)C1CCCCC1. The van der Waals surface area contributed by atoms with Gasteiger partial charge in [-0.1, -0.05) is 46.0 Å². The summed E-state index contributed by atoms with van der Waals surface area (Å²) in [5.41, 5.74) is 4.43. The number of primary amides is 1. The summed E-state index contributed by atoms with van der Waals surface area (Å²) in [7, 11) is 0. The minimum Gasteiger partial charge on any atom is -0.444 e. The lowest BCUT2D eigenvalue weighted by Crippen LogP contribution is -2.59. The number of amides is 4. The summed E-state index contributed by atoms with van der Waals surface area (Å²) < 4.78 is 5.47. The van der Waals surface area contributed by atoms with Gasteiger partial charge in [0.25, 0.3) is 5.91 Å². The quantitative estimate of drug-likeness (QED) is 0.388. The van der Waals surface area contributed by atoms with E-state index in [0.29, 0.717) is 13.0 Å². The van der Waals surface area contributed by atoms with Crippen molar-refractivity contribution in [3.63, 3.8) is 0 Å². The van der Waals surface area contributed by atoms with Crippen LogP contribution in [0.3, 0.4) is 0 Å². The van der Waals surface area contributed by atoms with Crippen LogP contribution in [0.1, 0.15) is 86.0 Å². The highest BCUT2D eigenvalue weighted by Gasteiger charge is 2.69. The van der Waals surface area contributed by atoms with Crippen molar-refractivity contribution in [3.8, 4) is 0 Å². The number of hydrogen-bond donors (Lipinski definition) is 3. The van der Waals surface area contributed by atoms with Crippen LogP contribution in [-0.4, -0.2) is 64.8 Å². The van der Waals surface area contributed by atoms with Gasteiger partial charge in [-0.3, -0.25) is 19.2 Å². The molecule has 0 bridgehead atoms. The summed E-state index contributed by atoms with van der Waals surface area (Å²) in [6.07, 6.45) is 6.29. The Morgan fingerprint density at radius 3 is 2.18 bits per heavy atom. The average molecular weight is 533 g/mol. The van der Waals surface area contributed by atoms with Gasteiger partial charge in [-0.05, 0) is 69.1 Å². The van der Waals surface area contributed by atoms with Gasteiger partial charge in [-0.2, -0.15) is 0 Å². The third kappa shape index (κ3) is 6.15. The summed E-state index contributed by atoms with van der Waals surface area (Å²) in [6.45, 7) is 9.88. The molecule has 10 heteroatoms. The number of rotatable bonds is 9. The summed E-state index contributed by atoms with van der Waals surface area (Å²) in [4.78, 5) is 66.3. The predicted molar refractivity (Wildman–Crippen MR) is 139 cm³/mol. The zero-order valence-electron chi connectivity index (χ0n) is 23.4. The Balaban J connectivity index is 1.55. The molecule has 0 spiro atoms. The Kier molecular flexibility index (Phi) is 7.83. The van der Waals surface area contributed by atoms with Crippen LogP contribution in [0.5, 0.6) is 0 Å². The van der Waals surface area contributed by atoms with Crippen molar-refractivity contribution in [3.05, 3.63) is 0 Å². The molecule has 1 heterocycles. The fourth-order valence-electron chi connectivity index (χ4n) is 6.62. The maximum atomic E-state index is 14.1. The molecule has 0 aromatic rings. The second-order valence-electron chi connectivity index (χ2n) is 13.4. The highest BCUT2D eigenvalue weighted by molar-refractivity contribution is 6.37. The van der Waals surface area contributed by atoms with E-state index in [1.165, 1.54) is 0 Å². The number of likely N-dealkylation sites (tertiary alicyclic amines) is 1. The van der Waals surface area contributed by atoms with Gasteiger partial charge in [-0.25, -0.2) is 4.79 Å². The first-order valence-electron chi connectivity index (χ1n) is 14.1. The van der Waals surface area contributed by atoms with Crippen LogP contribution in [0, 0.1) is 29.1 Å². The van der Waals surface area contributed by atoms with Crippen LogP contribution < -0.4 is 16.4 Å². The van der Waals surface area contributed by atoms with Crippen LogP contribution >= 0.6 is 0 Å². The molecular weight excluding hydrogens is 488 g/mol. The van der Waals surface area contributed by atoms with E-state index in [9.17, 15) is 24.0 Å². The maximum absolute atomic E-state index is 14.1. The number of ether oxygens (including phenoxy) is 1. The molecule has 3 aliphatic carbocycles. The van der Waals surface area contributed by atoms with Crippen molar-refractivity contribution in [1.82, 2.24) is 15.5 Å². The molecule has 0 aromatic heterocycles. The van der Waals surface area contributed by atoms with Crippen molar-refractivity contribution in [2.45, 2.75) is 110 Å². The summed E-state index contributed by atoms with van der Waals surface area (Å²) in [5, 5.41) is 5.62. The number of nitrogens with two attached hydrogens (primary N) is 1. The lowest BCUT2D eigenvalue weighted by Gasteiger charge is -2.37. The lowest BCUT2D eigenvalue weighted by atomic mass is 9.83. The molecule has 4 fully saturated rings. The third-order valence-corrected chi connectivity index (χ3v) is 8.96. The van der Waals surface area contributed by atoms with Crippen molar-refractivity contribution >= 4 is 29.6 Å². The number of nitrogens with one attached hydrogen (secondary N) is 2. The van der Waals surface area contributed by atoms with Crippen molar-refractivity contribution < 1.29 is 28.7 Å². The number of nitrogens with zero attached hydrogens (tertiary/aromatic N) is 1. The van der Waals surface area contributed by atoms with Crippen LogP contribution in [0.2, 0.25) is 0 Å². The molecule has 10 nitrogen and oxygen atoms in total. The summed E-state index contributed by atoms with van der Waals surface area (Å²) in [6, 6.07) is -2.56. The van der Waals surface area contributed by atoms with Crippen LogP contribution in [0.4, 0.5) is 4.79 Å². The van der Waals surface area contributed by atoms with Gasteiger partial charge in [0.15, 0.2) is 0 Å². The fraction of sp³-hybridized carbons (Fsp3) is 0.821.